The van der Waals surface area contributed by atoms with Crippen LogP contribution >= 0.6 is 0 Å². The number of aliphatic carboxylic acids is 1. The van der Waals surface area contributed by atoms with Crippen LogP contribution in [0.3, 0.4) is 0 Å². The Hall–Kier alpha value is -2.12. The molecule has 4 amide bonds. The Bertz CT molecular complexity index is 422. The van der Waals surface area contributed by atoms with Gasteiger partial charge in [0, 0.05) is 6.04 Å². The second-order valence-corrected chi connectivity index (χ2v) is 5.35. The van der Waals surface area contributed by atoms with E-state index in [1.165, 1.54) is 0 Å². The molecule has 0 aromatic carbocycles. The van der Waals surface area contributed by atoms with Crippen LogP contribution in [-0.2, 0) is 14.4 Å². The minimum atomic E-state index is -0.829. The Balaban J connectivity index is 2.31. The summed E-state index contributed by atoms with van der Waals surface area (Å²) in [5, 5.41) is 13.6. The zero-order chi connectivity index (χ0) is 16.0. The van der Waals surface area contributed by atoms with Gasteiger partial charge >= 0.3 is 12.0 Å². The molecule has 1 aliphatic rings. The number of carboxylic acids is 1. The van der Waals surface area contributed by atoms with E-state index in [0.29, 0.717) is 19.3 Å². The van der Waals surface area contributed by atoms with Crippen LogP contribution < -0.4 is 10.6 Å². The van der Waals surface area contributed by atoms with E-state index < -0.39 is 29.7 Å². The molecule has 1 rings (SSSR count). The second-order valence-electron chi connectivity index (χ2n) is 5.35. The van der Waals surface area contributed by atoms with Crippen LogP contribution in [0.15, 0.2) is 0 Å². The molecule has 1 heterocycles. The van der Waals surface area contributed by atoms with Gasteiger partial charge in [-0.15, -0.1) is 0 Å². The molecule has 0 aliphatic carbocycles. The number of imide groups is 1. The van der Waals surface area contributed by atoms with E-state index >= 15 is 0 Å². The molecular weight excluding hydrogens is 278 g/mol. The SMILES string of the molecule is CC(CCCC(C)C(=O)O)NC(=O)N1CC(=O)NC(=O)C1. The number of nitrogens with zero attached hydrogens (tertiary/aromatic N) is 1. The molecule has 2 atom stereocenters. The third-order valence-corrected chi connectivity index (χ3v) is 3.30. The average molecular weight is 299 g/mol. The molecule has 8 nitrogen and oxygen atoms in total. The van der Waals surface area contributed by atoms with Gasteiger partial charge in [0.1, 0.15) is 13.1 Å². The Labute approximate surface area is 122 Å². The van der Waals surface area contributed by atoms with Crippen LogP contribution in [0.2, 0.25) is 0 Å². The molecule has 0 saturated carbocycles. The van der Waals surface area contributed by atoms with Gasteiger partial charge in [0.15, 0.2) is 0 Å². The Morgan fingerprint density at radius 3 is 2.33 bits per heavy atom. The zero-order valence-electron chi connectivity index (χ0n) is 12.2. The monoisotopic (exact) mass is 299 g/mol. The van der Waals surface area contributed by atoms with Gasteiger partial charge in [-0.05, 0) is 19.8 Å². The molecule has 1 fully saturated rings. The molecule has 8 heteroatoms. The lowest BCUT2D eigenvalue weighted by molar-refractivity contribution is -0.141. The summed E-state index contributed by atoms with van der Waals surface area (Å²) < 4.78 is 0. The van der Waals surface area contributed by atoms with Gasteiger partial charge in [-0.1, -0.05) is 13.3 Å². The lowest BCUT2D eigenvalue weighted by Crippen LogP contribution is -2.56. The van der Waals surface area contributed by atoms with Gasteiger partial charge in [0.05, 0.1) is 5.92 Å². The highest BCUT2D eigenvalue weighted by Gasteiger charge is 2.26. The lowest BCUT2D eigenvalue weighted by atomic mass is 10.0. The molecule has 0 radical (unpaired) electrons. The predicted molar refractivity (Wildman–Crippen MR) is 73.4 cm³/mol. The van der Waals surface area contributed by atoms with Gasteiger partial charge in [-0.25, -0.2) is 4.79 Å². The van der Waals surface area contributed by atoms with Gasteiger partial charge in [-0.2, -0.15) is 0 Å². The summed E-state index contributed by atoms with van der Waals surface area (Å²) in [6.45, 7) is 3.17. The van der Waals surface area contributed by atoms with Crippen molar-refractivity contribution in [2.45, 2.75) is 39.2 Å². The van der Waals surface area contributed by atoms with Crippen molar-refractivity contribution in [3.63, 3.8) is 0 Å². The molecule has 0 bridgehead atoms. The van der Waals surface area contributed by atoms with Crippen molar-refractivity contribution in [1.82, 2.24) is 15.5 Å². The molecule has 1 saturated heterocycles. The Morgan fingerprint density at radius 2 is 1.81 bits per heavy atom. The number of piperazine rings is 1. The Morgan fingerprint density at radius 1 is 1.24 bits per heavy atom. The number of amides is 4. The number of nitrogens with one attached hydrogen (secondary N) is 2. The fourth-order valence-corrected chi connectivity index (χ4v) is 2.01. The standard InChI is InChI=1S/C13H21N3O5/c1-8(12(19)20)4-3-5-9(2)14-13(21)16-6-10(17)15-11(18)7-16/h8-9H,3-7H2,1-2H3,(H,14,21)(H,19,20)(H,15,17,18). The van der Waals surface area contributed by atoms with Gasteiger partial charge in [0.25, 0.3) is 0 Å². The summed E-state index contributed by atoms with van der Waals surface area (Å²) in [6, 6.07) is -0.615. The van der Waals surface area contributed by atoms with E-state index in [-0.39, 0.29) is 19.1 Å². The fraction of sp³-hybridized carbons (Fsp3) is 0.692. The topological polar surface area (TPSA) is 116 Å². The van der Waals surface area contributed by atoms with Gasteiger partial charge in [0.2, 0.25) is 11.8 Å². The smallest absolute Gasteiger partial charge is 0.318 e. The third kappa shape index (κ3) is 5.80. The first-order chi connectivity index (χ1) is 9.79. The van der Waals surface area contributed by atoms with Crippen molar-refractivity contribution in [2.75, 3.05) is 13.1 Å². The van der Waals surface area contributed by atoms with Crippen LogP contribution in [0.4, 0.5) is 4.79 Å². The molecular formula is C13H21N3O5. The summed E-state index contributed by atoms with van der Waals surface area (Å²) in [4.78, 5) is 46.1. The zero-order valence-corrected chi connectivity index (χ0v) is 12.2. The summed E-state index contributed by atoms with van der Waals surface area (Å²) in [5.74, 6) is -2.23. The number of urea groups is 1. The summed E-state index contributed by atoms with van der Waals surface area (Å²) in [6.07, 6.45) is 1.85. The number of carbonyl (C=O) groups is 4. The summed E-state index contributed by atoms with van der Waals surface area (Å²) in [5.41, 5.74) is 0. The van der Waals surface area contributed by atoms with Crippen LogP contribution in [0.25, 0.3) is 0 Å². The Kier molecular flexibility index (Phi) is 6.13. The van der Waals surface area contributed by atoms with Crippen molar-refractivity contribution >= 4 is 23.8 Å². The highest BCUT2D eigenvalue weighted by molar-refractivity contribution is 6.02. The maximum atomic E-state index is 11.9. The van der Waals surface area contributed by atoms with E-state index in [2.05, 4.69) is 10.6 Å². The second kappa shape index (κ2) is 7.61. The fourth-order valence-electron chi connectivity index (χ4n) is 2.01. The predicted octanol–water partition coefficient (Wildman–Crippen LogP) is -0.0661. The van der Waals surface area contributed by atoms with Crippen LogP contribution in [0.5, 0.6) is 0 Å². The highest BCUT2D eigenvalue weighted by Crippen LogP contribution is 2.10. The van der Waals surface area contributed by atoms with E-state index in [1.54, 1.807) is 13.8 Å². The molecule has 1 aliphatic heterocycles. The molecule has 0 spiro atoms. The maximum absolute atomic E-state index is 11.9. The van der Waals surface area contributed by atoms with Gasteiger partial charge < -0.3 is 15.3 Å². The molecule has 2 unspecified atom stereocenters. The van der Waals surface area contributed by atoms with Crippen LogP contribution in [-0.4, -0.2) is 53.0 Å². The van der Waals surface area contributed by atoms with E-state index in [4.69, 9.17) is 5.11 Å². The average Bonchev–Trinajstić information content (AvgIpc) is 2.37. The summed E-state index contributed by atoms with van der Waals surface area (Å²) in [7, 11) is 0. The number of rotatable bonds is 6. The number of hydrogen-bond donors (Lipinski definition) is 3. The molecule has 3 N–H and O–H groups in total. The molecule has 21 heavy (non-hydrogen) atoms. The first-order valence-electron chi connectivity index (χ1n) is 6.90. The van der Waals surface area contributed by atoms with Crippen molar-refractivity contribution < 1.29 is 24.3 Å². The van der Waals surface area contributed by atoms with Crippen LogP contribution in [0.1, 0.15) is 33.1 Å². The first-order valence-corrected chi connectivity index (χ1v) is 6.90. The van der Waals surface area contributed by atoms with Crippen molar-refractivity contribution in [3.8, 4) is 0 Å². The van der Waals surface area contributed by atoms with Gasteiger partial charge in [-0.3, -0.25) is 19.7 Å². The quantitative estimate of drug-likeness (QED) is 0.594. The lowest BCUT2D eigenvalue weighted by Gasteiger charge is -2.27. The van der Waals surface area contributed by atoms with E-state index in [9.17, 15) is 19.2 Å². The van der Waals surface area contributed by atoms with Crippen molar-refractivity contribution in [1.29, 1.82) is 0 Å². The molecule has 118 valence electrons. The van der Waals surface area contributed by atoms with E-state index in [0.717, 1.165) is 4.90 Å². The number of carbonyl (C=O) groups excluding carboxylic acids is 3. The number of carboxylic acid groups (broad SMARTS) is 1. The minimum absolute atomic E-state index is 0.139. The normalized spacial score (nSPS) is 17.9. The molecule has 0 aromatic rings. The maximum Gasteiger partial charge on any atom is 0.318 e. The van der Waals surface area contributed by atoms with Crippen molar-refractivity contribution in [2.24, 2.45) is 5.92 Å². The van der Waals surface area contributed by atoms with Crippen molar-refractivity contribution in [3.05, 3.63) is 0 Å². The summed E-state index contributed by atoms with van der Waals surface area (Å²) >= 11 is 0. The third-order valence-electron chi connectivity index (χ3n) is 3.30. The number of hydrogen-bond acceptors (Lipinski definition) is 4. The highest BCUT2D eigenvalue weighted by atomic mass is 16.4. The van der Waals surface area contributed by atoms with Crippen LogP contribution in [0, 0.1) is 5.92 Å². The minimum Gasteiger partial charge on any atom is -0.481 e. The largest absolute Gasteiger partial charge is 0.481 e. The van der Waals surface area contributed by atoms with E-state index in [1.807, 2.05) is 0 Å². The molecule has 0 aromatic heterocycles. The first kappa shape index (κ1) is 16.9.